The van der Waals surface area contributed by atoms with Gasteiger partial charge in [0.25, 0.3) is 0 Å². The first-order chi connectivity index (χ1) is 14.1. The number of Topliss-reactive ketones (excluding diaryl/α,β-unsaturated/α-hetero) is 2. The number of ketones is 2. The van der Waals surface area contributed by atoms with Crippen molar-refractivity contribution in [2.24, 2.45) is 16.7 Å². The van der Waals surface area contributed by atoms with E-state index in [9.17, 15) is 14.0 Å². The molecular formula is C25H26ClFO3. The summed E-state index contributed by atoms with van der Waals surface area (Å²) in [7, 11) is 0. The predicted octanol–water partition coefficient (Wildman–Crippen LogP) is 6.51. The topological polar surface area (TPSA) is 43.4 Å². The van der Waals surface area contributed by atoms with Gasteiger partial charge in [-0.3, -0.25) is 9.59 Å². The normalized spacial score (nSPS) is 27.4. The number of hydrogen-bond donors (Lipinski definition) is 0. The standard InChI is InChI=1S/C25H26ClFO3/c1-5-14-6-8-16(30-20-9-7-15(26)12-19(20)27)13-17(14)21-22(28)18-10-11-25(4,23(21)29)24(18,2)3/h6-9,12-13,18,21H,5,10-11H2,1-4H3. The molecule has 2 bridgehead atoms. The molecule has 0 radical (unpaired) electrons. The van der Waals surface area contributed by atoms with Crippen molar-refractivity contribution >= 4 is 23.2 Å². The van der Waals surface area contributed by atoms with Gasteiger partial charge in [0, 0.05) is 16.4 Å². The van der Waals surface area contributed by atoms with Crippen molar-refractivity contribution < 1.29 is 18.7 Å². The van der Waals surface area contributed by atoms with Gasteiger partial charge in [-0.1, -0.05) is 45.4 Å². The highest BCUT2D eigenvalue weighted by atomic mass is 35.5. The summed E-state index contributed by atoms with van der Waals surface area (Å²) in [5.74, 6) is -1.05. The molecule has 3 unspecified atom stereocenters. The fourth-order valence-electron chi connectivity index (χ4n) is 5.29. The number of carbonyl (C=O) groups excluding carboxylic acids is 2. The quantitative estimate of drug-likeness (QED) is 0.521. The molecule has 0 aromatic heterocycles. The van der Waals surface area contributed by atoms with E-state index >= 15 is 0 Å². The van der Waals surface area contributed by atoms with Gasteiger partial charge in [0.2, 0.25) is 0 Å². The highest BCUT2D eigenvalue weighted by Gasteiger charge is 2.64. The third-order valence-corrected chi connectivity index (χ3v) is 7.83. The second-order valence-electron chi connectivity index (χ2n) is 9.24. The Hall–Kier alpha value is -2.20. The lowest BCUT2D eigenvalue weighted by molar-refractivity contribution is -0.149. The van der Waals surface area contributed by atoms with Gasteiger partial charge < -0.3 is 4.74 Å². The lowest BCUT2D eigenvalue weighted by atomic mass is 9.54. The molecule has 158 valence electrons. The number of fused-ring (bicyclic) bond motifs is 2. The molecule has 0 aliphatic heterocycles. The average Bonchev–Trinajstić information content (AvgIpc) is 2.87. The Labute approximate surface area is 181 Å². The van der Waals surface area contributed by atoms with Crippen LogP contribution >= 0.6 is 11.6 Å². The zero-order valence-corrected chi connectivity index (χ0v) is 18.5. The van der Waals surface area contributed by atoms with Crippen molar-refractivity contribution in [3.8, 4) is 11.5 Å². The van der Waals surface area contributed by atoms with Gasteiger partial charge in [-0.25, -0.2) is 4.39 Å². The summed E-state index contributed by atoms with van der Waals surface area (Å²) in [6.45, 7) is 8.08. The van der Waals surface area contributed by atoms with Crippen LogP contribution in [0.15, 0.2) is 36.4 Å². The minimum atomic E-state index is -0.788. The van der Waals surface area contributed by atoms with Crippen LogP contribution in [0.25, 0.3) is 0 Å². The molecule has 4 rings (SSSR count). The first kappa shape index (κ1) is 21.0. The van der Waals surface area contributed by atoms with Crippen molar-refractivity contribution in [2.75, 3.05) is 0 Å². The number of hydrogen-bond acceptors (Lipinski definition) is 3. The Balaban J connectivity index is 1.76. The molecule has 0 saturated heterocycles. The molecule has 2 saturated carbocycles. The molecule has 2 aromatic rings. The van der Waals surface area contributed by atoms with Crippen molar-refractivity contribution in [1.82, 2.24) is 0 Å². The maximum atomic E-state index is 14.2. The van der Waals surface area contributed by atoms with Gasteiger partial charge in [0.15, 0.2) is 23.1 Å². The molecule has 0 spiro atoms. The van der Waals surface area contributed by atoms with Crippen LogP contribution in [0.2, 0.25) is 5.02 Å². The number of aryl methyl sites for hydroxylation is 1. The van der Waals surface area contributed by atoms with E-state index in [4.69, 9.17) is 16.3 Å². The monoisotopic (exact) mass is 428 g/mol. The average molecular weight is 429 g/mol. The highest BCUT2D eigenvalue weighted by molar-refractivity contribution is 6.30. The molecule has 2 aliphatic carbocycles. The summed E-state index contributed by atoms with van der Waals surface area (Å²) < 4.78 is 19.9. The zero-order chi connectivity index (χ0) is 21.8. The third-order valence-electron chi connectivity index (χ3n) is 7.59. The van der Waals surface area contributed by atoms with Gasteiger partial charge in [0.1, 0.15) is 11.7 Å². The van der Waals surface area contributed by atoms with Gasteiger partial charge in [-0.15, -0.1) is 0 Å². The number of ether oxygens (including phenoxy) is 1. The van der Waals surface area contributed by atoms with E-state index in [1.807, 2.05) is 33.8 Å². The van der Waals surface area contributed by atoms with Crippen LogP contribution in [0, 0.1) is 22.6 Å². The summed E-state index contributed by atoms with van der Waals surface area (Å²) in [5.41, 5.74) is 0.756. The number of halogens is 2. The summed E-state index contributed by atoms with van der Waals surface area (Å²) in [6.07, 6.45) is 2.17. The largest absolute Gasteiger partial charge is 0.454 e. The minimum Gasteiger partial charge on any atom is -0.454 e. The Morgan fingerprint density at radius 2 is 1.87 bits per heavy atom. The molecule has 3 atom stereocenters. The summed E-state index contributed by atoms with van der Waals surface area (Å²) in [4.78, 5) is 27.1. The van der Waals surface area contributed by atoms with Crippen LogP contribution in [0.4, 0.5) is 4.39 Å². The first-order valence-electron chi connectivity index (χ1n) is 10.4. The van der Waals surface area contributed by atoms with E-state index in [0.29, 0.717) is 17.7 Å². The minimum absolute atomic E-state index is 0.00391. The Morgan fingerprint density at radius 1 is 1.13 bits per heavy atom. The maximum Gasteiger partial charge on any atom is 0.167 e. The fourth-order valence-corrected chi connectivity index (χ4v) is 5.45. The van der Waals surface area contributed by atoms with Crippen molar-refractivity contribution in [1.29, 1.82) is 0 Å². The molecule has 0 N–H and O–H groups in total. The van der Waals surface area contributed by atoms with Crippen molar-refractivity contribution in [3.63, 3.8) is 0 Å². The SMILES string of the molecule is CCc1ccc(Oc2ccc(Cl)cc2F)cc1C1C(=O)C2CCC(C)(C1=O)C2(C)C. The smallest absolute Gasteiger partial charge is 0.167 e. The van der Waals surface area contributed by atoms with Crippen LogP contribution < -0.4 is 4.74 Å². The number of rotatable bonds is 4. The lowest BCUT2D eigenvalue weighted by Gasteiger charge is -2.46. The van der Waals surface area contributed by atoms with E-state index in [-0.39, 0.29) is 33.7 Å². The van der Waals surface area contributed by atoms with Crippen LogP contribution in [0.1, 0.15) is 57.6 Å². The highest BCUT2D eigenvalue weighted by Crippen LogP contribution is 2.62. The molecule has 5 heteroatoms. The Morgan fingerprint density at radius 3 is 2.53 bits per heavy atom. The van der Waals surface area contributed by atoms with Crippen LogP contribution in [-0.2, 0) is 16.0 Å². The molecule has 0 heterocycles. The Kier molecular flexibility index (Phi) is 5.05. The molecular weight excluding hydrogens is 403 g/mol. The van der Waals surface area contributed by atoms with Crippen LogP contribution in [0.5, 0.6) is 11.5 Å². The maximum absolute atomic E-state index is 14.2. The van der Waals surface area contributed by atoms with Crippen molar-refractivity contribution in [2.45, 2.75) is 52.9 Å². The second kappa shape index (κ2) is 7.19. The van der Waals surface area contributed by atoms with Crippen LogP contribution in [-0.4, -0.2) is 11.6 Å². The van der Waals surface area contributed by atoms with Crippen molar-refractivity contribution in [3.05, 3.63) is 58.4 Å². The Bertz CT molecular complexity index is 1040. The summed E-state index contributed by atoms with van der Waals surface area (Å²) in [6, 6.07) is 9.54. The van der Waals surface area contributed by atoms with Gasteiger partial charge >= 0.3 is 0 Å². The van der Waals surface area contributed by atoms with E-state index in [2.05, 4.69) is 0 Å². The molecule has 2 aliphatic rings. The fraction of sp³-hybridized carbons (Fsp3) is 0.440. The van der Waals surface area contributed by atoms with E-state index in [1.54, 1.807) is 18.2 Å². The zero-order valence-electron chi connectivity index (χ0n) is 17.7. The molecule has 2 aromatic carbocycles. The van der Waals surface area contributed by atoms with Crippen LogP contribution in [0.3, 0.4) is 0 Å². The van der Waals surface area contributed by atoms with Gasteiger partial charge in [0.05, 0.1) is 0 Å². The molecule has 30 heavy (non-hydrogen) atoms. The molecule has 0 amide bonds. The van der Waals surface area contributed by atoms with E-state index in [0.717, 1.165) is 18.4 Å². The van der Waals surface area contributed by atoms with E-state index in [1.165, 1.54) is 12.1 Å². The van der Waals surface area contributed by atoms with Gasteiger partial charge in [-0.05, 0) is 66.1 Å². The number of carbonyl (C=O) groups is 2. The third kappa shape index (κ3) is 2.99. The molecule has 3 nitrogen and oxygen atoms in total. The first-order valence-corrected chi connectivity index (χ1v) is 10.8. The number of benzene rings is 2. The summed E-state index contributed by atoms with van der Waals surface area (Å²) in [5, 5.41) is 0.284. The second-order valence-corrected chi connectivity index (χ2v) is 9.67. The van der Waals surface area contributed by atoms with E-state index < -0.39 is 17.2 Å². The molecule has 2 fully saturated rings. The lowest BCUT2D eigenvalue weighted by Crippen LogP contribution is -2.52. The predicted molar refractivity (Wildman–Crippen MR) is 115 cm³/mol. The van der Waals surface area contributed by atoms with Gasteiger partial charge in [-0.2, -0.15) is 0 Å². The summed E-state index contributed by atoms with van der Waals surface area (Å²) >= 11 is 5.82.